The van der Waals surface area contributed by atoms with Crippen molar-refractivity contribution in [3.05, 3.63) is 48.0 Å². The Morgan fingerprint density at radius 3 is 2.97 bits per heavy atom. The van der Waals surface area contributed by atoms with Crippen molar-refractivity contribution >= 4 is 28.8 Å². The minimum atomic E-state index is -0.292. The highest BCUT2D eigenvalue weighted by atomic mass is 32.1. The molecule has 0 N–H and O–H groups in total. The fourth-order valence-electron chi connectivity index (χ4n) is 3.15. The SMILES string of the molecule is CN(CCC#N)C(=O)CN1C(=O)COc2ccc(-c3csc(-c4ccccn4)n3)cc21. The summed E-state index contributed by atoms with van der Waals surface area (Å²) in [5, 5.41) is 11.5. The molecule has 2 amide bonds. The molecular formula is C22H19N5O3S. The molecule has 0 spiro atoms. The number of hydrogen-bond donors (Lipinski definition) is 0. The molecule has 156 valence electrons. The van der Waals surface area contributed by atoms with Crippen LogP contribution >= 0.6 is 11.3 Å². The van der Waals surface area contributed by atoms with E-state index >= 15 is 0 Å². The normalized spacial score (nSPS) is 12.6. The molecule has 9 heteroatoms. The molecule has 1 aromatic carbocycles. The second kappa shape index (κ2) is 8.93. The summed E-state index contributed by atoms with van der Waals surface area (Å²) in [6.45, 7) is 0.0781. The molecule has 3 aromatic rings. The second-order valence-electron chi connectivity index (χ2n) is 6.93. The van der Waals surface area contributed by atoms with Gasteiger partial charge in [0.1, 0.15) is 17.3 Å². The Hall–Kier alpha value is -3.77. The first-order chi connectivity index (χ1) is 15.1. The van der Waals surface area contributed by atoms with Gasteiger partial charge in [-0.05, 0) is 30.3 Å². The van der Waals surface area contributed by atoms with Gasteiger partial charge < -0.3 is 9.64 Å². The van der Waals surface area contributed by atoms with Gasteiger partial charge in [-0.3, -0.25) is 19.5 Å². The number of amides is 2. The van der Waals surface area contributed by atoms with Crippen molar-refractivity contribution in [2.75, 3.05) is 31.6 Å². The predicted octanol–water partition coefficient (Wildman–Crippen LogP) is 2.97. The summed E-state index contributed by atoms with van der Waals surface area (Å²) in [6.07, 6.45) is 1.96. The average molecular weight is 433 g/mol. The largest absolute Gasteiger partial charge is 0.482 e. The van der Waals surface area contributed by atoms with E-state index in [9.17, 15) is 9.59 Å². The maximum Gasteiger partial charge on any atom is 0.265 e. The first-order valence-electron chi connectivity index (χ1n) is 9.62. The van der Waals surface area contributed by atoms with E-state index in [4.69, 9.17) is 10.00 Å². The van der Waals surface area contributed by atoms with Gasteiger partial charge >= 0.3 is 0 Å². The van der Waals surface area contributed by atoms with Gasteiger partial charge in [-0.2, -0.15) is 5.26 Å². The quantitative estimate of drug-likeness (QED) is 0.593. The third kappa shape index (κ3) is 4.39. The number of ether oxygens (including phenoxy) is 1. The molecule has 0 atom stereocenters. The molecule has 0 fully saturated rings. The minimum absolute atomic E-state index is 0.114. The van der Waals surface area contributed by atoms with E-state index < -0.39 is 0 Å². The van der Waals surface area contributed by atoms with Crippen molar-refractivity contribution in [1.82, 2.24) is 14.9 Å². The minimum Gasteiger partial charge on any atom is -0.482 e. The van der Waals surface area contributed by atoms with Crippen LogP contribution in [0.3, 0.4) is 0 Å². The first kappa shape index (κ1) is 20.5. The number of aromatic nitrogens is 2. The van der Waals surface area contributed by atoms with Crippen molar-refractivity contribution < 1.29 is 14.3 Å². The third-order valence-corrected chi connectivity index (χ3v) is 5.73. The molecule has 0 radical (unpaired) electrons. The molecule has 1 aliphatic heterocycles. The molecule has 3 heterocycles. The number of nitrogens with zero attached hydrogens (tertiary/aromatic N) is 5. The van der Waals surface area contributed by atoms with Crippen molar-refractivity contribution in [3.8, 4) is 33.8 Å². The second-order valence-corrected chi connectivity index (χ2v) is 7.79. The molecule has 4 rings (SSSR count). The van der Waals surface area contributed by atoms with Crippen LogP contribution in [0.2, 0.25) is 0 Å². The highest BCUT2D eigenvalue weighted by Crippen LogP contribution is 2.37. The standard InChI is InChI=1S/C22H19N5O3S/c1-26(10-4-8-23)20(28)12-27-18-11-15(6-7-19(18)30-13-21(27)29)17-14-31-22(25-17)16-5-2-3-9-24-16/h2-3,5-7,9,11,14H,4,10,12-13H2,1H3. The summed E-state index contributed by atoms with van der Waals surface area (Å²) >= 11 is 1.49. The van der Waals surface area contributed by atoms with E-state index in [2.05, 4.69) is 9.97 Å². The highest BCUT2D eigenvalue weighted by molar-refractivity contribution is 7.13. The van der Waals surface area contributed by atoms with Gasteiger partial charge in [-0.1, -0.05) is 6.07 Å². The number of anilines is 1. The fraction of sp³-hybridized carbons (Fsp3) is 0.227. The van der Waals surface area contributed by atoms with Crippen LogP contribution in [-0.2, 0) is 9.59 Å². The third-order valence-electron chi connectivity index (χ3n) is 4.86. The van der Waals surface area contributed by atoms with E-state index in [-0.39, 0.29) is 31.4 Å². The molecule has 0 saturated carbocycles. The Kier molecular flexibility index (Phi) is 5.91. The van der Waals surface area contributed by atoms with Gasteiger partial charge in [-0.15, -0.1) is 11.3 Å². The van der Waals surface area contributed by atoms with Crippen LogP contribution in [0, 0.1) is 11.3 Å². The monoisotopic (exact) mass is 433 g/mol. The lowest BCUT2D eigenvalue weighted by Gasteiger charge is -2.30. The highest BCUT2D eigenvalue weighted by Gasteiger charge is 2.29. The number of likely N-dealkylation sites (N-methyl/N-ethyl adjacent to an activating group) is 1. The zero-order valence-electron chi connectivity index (χ0n) is 16.8. The Labute approximate surface area is 183 Å². The fourth-order valence-corrected chi connectivity index (χ4v) is 3.95. The van der Waals surface area contributed by atoms with Crippen LogP contribution in [0.4, 0.5) is 5.69 Å². The lowest BCUT2D eigenvalue weighted by atomic mass is 10.1. The van der Waals surface area contributed by atoms with E-state index in [1.165, 1.54) is 21.1 Å². The number of benzene rings is 1. The molecule has 1 aliphatic rings. The molecule has 0 bridgehead atoms. The van der Waals surface area contributed by atoms with Crippen LogP contribution in [0.5, 0.6) is 5.75 Å². The van der Waals surface area contributed by atoms with Crippen LogP contribution in [-0.4, -0.2) is 53.4 Å². The number of carbonyl (C=O) groups is 2. The Bertz CT molecular complexity index is 1160. The lowest BCUT2D eigenvalue weighted by molar-refractivity contribution is -0.130. The molecular weight excluding hydrogens is 414 g/mol. The first-order valence-corrected chi connectivity index (χ1v) is 10.5. The summed E-state index contributed by atoms with van der Waals surface area (Å²) in [6, 6.07) is 13.2. The molecule has 31 heavy (non-hydrogen) atoms. The van der Waals surface area contributed by atoms with E-state index in [1.807, 2.05) is 41.8 Å². The zero-order chi connectivity index (χ0) is 21.8. The van der Waals surface area contributed by atoms with Crippen LogP contribution in [0.15, 0.2) is 48.0 Å². The van der Waals surface area contributed by atoms with Crippen LogP contribution in [0.25, 0.3) is 22.0 Å². The maximum atomic E-state index is 12.6. The zero-order valence-corrected chi connectivity index (χ0v) is 17.6. The lowest BCUT2D eigenvalue weighted by Crippen LogP contribution is -2.45. The topological polar surface area (TPSA) is 99.4 Å². The van der Waals surface area contributed by atoms with Gasteiger partial charge in [0, 0.05) is 30.7 Å². The Balaban J connectivity index is 1.61. The van der Waals surface area contributed by atoms with Crippen molar-refractivity contribution in [2.24, 2.45) is 0 Å². The number of fused-ring (bicyclic) bond motifs is 1. The van der Waals surface area contributed by atoms with Gasteiger partial charge in [-0.25, -0.2) is 4.98 Å². The van der Waals surface area contributed by atoms with Gasteiger partial charge in [0.25, 0.3) is 5.91 Å². The number of carbonyl (C=O) groups excluding carboxylic acids is 2. The van der Waals surface area contributed by atoms with Crippen LogP contribution in [0.1, 0.15) is 6.42 Å². The number of hydrogen-bond acceptors (Lipinski definition) is 7. The van der Waals surface area contributed by atoms with E-state index in [0.717, 1.165) is 22.0 Å². The average Bonchev–Trinajstić information content (AvgIpc) is 3.30. The summed E-state index contributed by atoms with van der Waals surface area (Å²) in [7, 11) is 1.62. The molecule has 0 saturated heterocycles. The number of thiazole rings is 1. The predicted molar refractivity (Wildman–Crippen MR) is 116 cm³/mol. The van der Waals surface area contributed by atoms with E-state index in [0.29, 0.717) is 18.0 Å². The molecule has 2 aromatic heterocycles. The van der Waals surface area contributed by atoms with Crippen molar-refractivity contribution in [2.45, 2.75) is 6.42 Å². The molecule has 8 nitrogen and oxygen atoms in total. The summed E-state index contributed by atoms with van der Waals surface area (Å²) in [5.74, 6) is 0.00286. The number of pyridine rings is 1. The smallest absolute Gasteiger partial charge is 0.265 e. The number of rotatable bonds is 6. The maximum absolute atomic E-state index is 12.6. The number of nitriles is 1. The van der Waals surface area contributed by atoms with Gasteiger partial charge in [0.05, 0.1) is 29.6 Å². The van der Waals surface area contributed by atoms with E-state index in [1.54, 1.807) is 19.3 Å². The van der Waals surface area contributed by atoms with Gasteiger partial charge in [0.2, 0.25) is 5.91 Å². The summed E-state index contributed by atoms with van der Waals surface area (Å²) in [4.78, 5) is 37.0. The van der Waals surface area contributed by atoms with Crippen molar-refractivity contribution in [1.29, 1.82) is 5.26 Å². The van der Waals surface area contributed by atoms with Gasteiger partial charge in [0.15, 0.2) is 6.61 Å². The summed E-state index contributed by atoms with van der Waals surface area (Å²) < 4.78 is 5.55. The van der Waals surface area contributed by atoms with Crippen molar-refractivity contribution in [3.63, 3.8) is 0 Å². The Morgan fingerprint density at radius 2 is 2.19 bits per heavy atom. The van der Waals surface area contributed by atoms with Crippen LogP contribution < -0.4 is 9.64 Å². The molecule has 0 aliphatic carbocycles. The Morgan fingerprint density at radius 1 is 1.32 bits per heavy atom. The molecule has 0 unspecified atom stereocenters. The summed E-state index contributed by atoms with van der Waals surface area (Å²) in [5.41, 5.74) is 2.89.